The van der Waals surface area contributed by atoms with Crippen molar-refractivity contribution < 1.29 is 78.3 Å². The van der Waals surface area contributed by atoms with E-state index in [4.69, 9.17) is 17.5 Å². The zero-order valence-electron chi connectivity index (χ0n) is 4.46. The fourth-order valence-corrected chi connectivity index (χ4v) is 0. The Morgan fingerprint density at radius 1 is 1.38 bits per heavy atom. The van der Waals surface area contributed by atoms with Gasteiger partial charge in [0.1, 0.15) is 0 Å². The van der Waals surface area contributed by atoms with Gasteiger partial charge in [0.15, 0.2) is 0 Å². The number of rotatable bonds is 0. The normalized spacial score (nSPS) is 7.25. The molecule has 0 rings (SSSR count). The minimum atomic E-state index is -4.92. The summed E-state index contributed by atoms with van der Waals surface area (Å²) in [6.07, 6.45) is 0. The first-order valence-corrected chi connectivity index (χ1v) is 2.05. The van der Waals surface area contributed by atoms with E-state index < -0.39 is 10.4 Å². The second-order valence-corrected chi connectivity index (χ2v) is 1.28. The van der Waals surface area contributed by atoms with Gasteiger partial charge in [-0.2, -0.15) is 0 Å². The molecule has 0 bridgehead atoms. The van der Waals surface area contributed by atoms with Gasteiger partial charge in [0.05, 0.1) is 0 Å². The predicted molar refractivity (Wildman–Crippen MR) is 12.3 cm³/mol. The standard InChI is InChI=1S/ClH.Li.Na.H2O4S/c;;;1-5(2,3)4/h1H;;;(H2,1,2,3,4)/q;2*+1;/p-2. The summed E-state index contributed by atoms with van der Waals surface area (Å²) >= 11 is 0. The maximum atomic E-state index is 8.63. The van der Waals surface area contributed by atoms with Gasteiger partial charge in [-0.15, -0.1) is 0 Å². The smallest absolute Gasteiger partial charge is 1.00 e. The monoisotopic (exact) mass is 162 g/mol. The molecule has 0 amide bonds. The summed E-state index contributed by atoms with van der Waals surface area (Å²) in [7, 11) is -4.92. The average molecular weight is 162 g/mol. The molecule has 0 spiro atoms. The second-order valence-electron chi connectivity index (χ2n) is 0.428. The molecule has 0 radical (unpaired) electrons. The SMILES string of the molecule is O=S(=O)([O-])O.[Cl-].[Li+].[Na+]. The van der Waals surface area contributed by atoms with Crippen molar-refractivity contribution in [2.24, 2.45) is 0 Å². The fourth-order valence-electron chi connectivity index (χ4n) is 0. The van der Waals surface area contributed by atoms with E-state index >= 15 is 0 Å². The second kappa shape index (κ2) is 8.76. The molecule has 4 nitrogen and oxygen atoms in total. The van der Waals surface area contributed by atoms with E-state index in [9.17, 15) is 0 Å². The molecule has 1 N–H and O–H groups in total. The predicted octanol–water partition coefficient (Wildman–Crippen LogP) is -9.98. The van der Waals surface area contributed by atoms with Crippen LogP contribution in [-0.2, 0) is 10.4 Å². The van der Waals surface area contributed by atoms with Crippen LogP contribution >= 0.6 is 0 Å². The summed E-state index contributed by atoms with van der Waals surface area (Å²) in [6.45, 7) is 0. The Hall–Kier alpha value is 1.76. The third-order valence-corrected chi connectivity index (χ3v) is 0. The van der Waals surface area contributed by atoms with E-state index in [1.165, 1.54) is 0 Å². The topological polar surface area (TPSA) is 77.4 Å². The molecule has 0 unspecified atom stereocenters. The summed E-state index contributed by atoms with van der Waals surface area (Å²) in [6, 6.07) is 0. The molecule has 0 saturated carbocycles. The average Bonchev–Trinajstić information content (AvgIpc) is 0.722. The van der Waals surface area contributed by atoms with Gasteiger partial charge in [-0.3, -0.25) is 4.55 Å². The zero-order chi connectivity index (χ0) is 4.50. The third-order valence-electron chi connectivity index (χ3n) is 0. The van der Waals surface area contributed by atoms with Gasteiger partial charge in [-0.25, -0.2) is 8.42 Å². The molecule has 0 aromatic rings. The van der Waals surface area contributed by atoms with Gasteiger partial charge >= 0.3 is 48.4 Å². The Morgan fingerprint density at radius 2 is 1.38 bits per heavy atom. The van der Waals surface area contributed by atoms with E-state index in [1.807, 2.05) is 0 Å². The Kier molecular flexibility index (Phi) is 24.7. The van der Waals surface area contributed by atoms with Gasteiger partial charge in [0.2, 0.25) is 10.4 Å². The summed E-state index contributed by atoms with van der Waals surface area (Å²) in [4.78, 5) is 0. The first-order chi connectivity index (χ1) is 2.00. The number of hydrogen-bond donors (Lipinski definition) is 1. The summed E-state index contributed by atoms with van der Waals surface area (Å²) < 4.78 is 32.8. The maximum Gasteiger partial charge on any atom is 1.00 e. The van der Waals surface area contributed by atoms with Crippen molar-refractivity contribution in [2.75, 3.05) is 0 Å². The molecule has 0 fully saturated rings. The molecule has 8 heteroatoms. The van der Waals surface area contributed by atoms with Gasteiger partial charge in [0, 0.05) is 0 Å². The Bertz CT molecular complexity index is 99.2. The summed E-state index contributed by atoms with van der Waals surface area (Å²) in [5, 5.41) is 0. The van der Waals surface area contributed by atoms with Crippen LogP contribution in [0.25, 0.3) is 0 Å². The molecule has 0 aliphatic heterocycles. The van der Waals surface area contributed by atoms with Crippen LogP contribution in [0.1, 0.15) is 0 Å². The van der Waals surface area contributed by atoms with Crippen molar-refractivity contribution >= 4 is 10.4 Å². The Morgan fingerprint density at radius 3 is 1.38 bits per heavy atom. The molecular formula is HClLiNaO4S. The van der Waals surface area contributed by atoms with Gasteiger partial charge in [-0.1, -0.05) is 0 Å². The van der Waals surface area contributed by atoms with E-state index in [0.29, 0.717) is 0 Å². The molecule has 8 heavy (non-hydrogen) atoms. The van der Waals surface area contributed by atoms with Crippen molar-refractivity contribution in [1.82, 2.24) is 0 Å². The van der Waals surface area contributed by atoms with E-state index in [0.717, 1.165) is 0 Å². The van der Waals surface area contributed by atoms with Gasteiger partial charge in [-0.05, 0) is 0 Å². The van der Waals surface area contributed by atoms with E-state index in [1.54, 1.807) is 0 Å². The summed E-state index contributed by atoms with van der Waals surface area (Å²) in [5.41, 5.74) is 0. The van der Waals surface area contributed by atoms with Crippen LogP contribution in [0.15, 0.2) is 0 Å². The molecule has 0 aliphatic rings. The minimum Gasteiger partial charge on any atom is -1.00 e. The molecule has 0 aromatic carbocycles. The molecule has 0 aromatic heterocycles. The molecule has 0 saturated heterocycles. The Balaban J connectivity index is -0.0000000267. The summed E-state index contributed by atoms with van der Waals surface area (Å²) in [5.74, 6) is 0. The van der Waals surface area contributed by atoms with E-state index in [2.05, 4.69) is 0 Å². The van der Waals surface area contributed by atoms with Gasteiger partial charge in [0.25, 0.3) is 0 Å². The van der Waals surface area contributed by atoms with Crippen LogP contribution in [0.4, 0.5) is 0 Å². The van der Waals surface area contributed by atoms with Crippen molar-refractivity contribution in [3.8, 4) is 0 Å². The van der Waals surface area contributed by atoms with Gasteiger partial charge < -0.3 is 17.0 Å². The molecular weight excluding hydrogens is 161 g/mol. The van der Waals surface area contributed by atoms with Crippen LogP contribution < -0.4 is 60.8 Å². The number of hydrogen-bond acceptors (Lipinski definition) is 3. The largest absolute Gasteiger partial charge is 1.00 e. The van der Waals surface area contributed by atoms with Crippen LogP contribution in [0.5, 0.6) is 0 Å². The molecule has 0 heterocycles. The van der Waals surface area contributed by atoms with Crippen molar-refractivity contribution in [1.29, 1.82) is 0 Å². The molecule has 0 atom stereocenters. The first kappa shape index (κ1) is 22.6. The van der Waals surface area contributed by atoms with Crippen molar-refractivity contribution in [3.63, 3.8) is 0 Å². The zero-order valence-corrected chi connectivity index (χ0v) is 8.03. The third kappa shape index (κ3) is 115. The van der Waals surface area contributed by atoms with Crippen LogP contribution in [0.3, 0.4) is 0 Å². The molecule has 0 aliphatic carbocycles. The van der Waals surface area contributed by atoms with Crippen LogP contribution in [-0.4, -0.2) is 17.5 Å². The number of halogens is 1. The van der Waals surface area contributed by atoms with E-state index in [-0.39, 0.29) is 60.8 Å². The minimum absolute atomic E-state index is 0. The van der Waals surface area contributed by atoms with Crippen molar-refractivity contribution in [2.45, 2.75) is 0 Å². The molecule has 40 valence electrons. The van der Waals surface area contributed by atoms with Crippen LogP contribution in [0.2, 0.25) is 0 Å². The quantitative estimate of drug-likeness (QED) is 0.218. The first-order valence-electron chi connectivity index (χ1n) is 0.683. The van der Waals surface area contributed by atoms with Crippen LogP contribution in [0, 0.1) is 0 Å². The fraction of sp³-hybridized carbons (Fsp3) is 0. The maximum absolute atomic E-state index is 8.63. The Labute approximate surface area is 87.9 Å². The van der Waals surface area contributed by atoms with Crippen molar-refractivity contribution in [3.05, 3.63) is 0 Å².